The van der Waals surface area contributed by atoms with Gasteiger partial charge >= 0.3 is 21.1 Å². The second kappa shape index (κ2) is 15.8. The van der Waals surface area contributed by atoms with Crippen molar-refractivity contribution in [2.24, 2.45) is 0 Å². The predicted molar refractivity (Wildman–Crippen MR) is 258 cm³/mol. The average molecular weight is 998 g/mol. The maximum atomic E-state index is 5.15. The molecule has 0 radical (unpaired) electrons. The summed E-state index contributed by atoms with van der Waals surface area (Å²) in [5, 5.41) is 2.33. The summed E-state index contributed by atoms with van der Waals surface area (Å²) < 4.78 is 2.34. The standard InChI is InChI=1S/C58H50N4.Pt/c1-37(2)44-22-16-23-45(38(3)4)57(44)40-31-32-59-56(33-40)62-52-26-12-9-21-48(52)49-30-29-42(35-55(49)62)58(50-24-10-7-19-46(50)47-20-8-11-25-51(47)58)41-17-15-18-43(34-41)61-36-60(39(5)6)53-27-13-14-28-54(53)61;/h7-33,37-39H,36H2,1-6H3;/q-2;+2. The second-order valence-corrected chi connectivity index (χ2v) is 17.9. The van der Waals surface area contributed by atoms with Crippen LogP contribution in [-0.4, -0.2) is 22.3 Å². The summed E-state index contributed by atoms with van der Waals surface area (Å²) in [6, 6.07) is 66.6. The SMILES string of the molecule is CC(C)c1cccc(C(C)C)c1-c1ccnc(-n2c3[c-]c(C4(c5[c-]c(N6CN(C(C)C)c7ccccc76)ccc5)c5ccccc5-c5ccccc54)ccc3c3ccccc32)c1.[Pt+2]. The number of hydrogen-bond donors (Lipinski definition) is 0. The van der Waals surface area contributed by atoms with Crippen molar-refractivity contribution in [1.82, 2.24) is 9.55 Å². The van der Waals surface area contributed by atoms with E-state index in [1.807, 2.05) is 6.20 Å². The van der Waals surface area contributed by atoms with Gasteiger partial charge in [0.1, 0.15) is 5.82 Å². The van der Waals surface area contributed by atoms with Crippen LogP contribution >= 0.6 is 0 Å². The first-order valence-electron chi connectivity index (χ1n) is 22.2. The minimum Gasteiger partial charge on any atom is -0.349 e. The van der Waals surface area contributed by atoms with E-state index < -0.39 is 5.41 Å². The third-order valence-electron chi connectivity index (χ3n) is 13.4. The monoisotopic (exact) mass is 997 g/mol. The van der Waals surface area contributed by atoms with Crippen molar-refractivity contribution in [2.45, 2.75) is 64.8 Å². The molecule has 312 valence electrons. The number of pyridine rings is 1. The number of aromatic nitrogens is 2. The van der Waals surface area contributed by atoms with Crippen LogP contribution in [0.3, 0.4) is 0 Å². The van der Waals surface area contributed by atoms with Gasteiger partial charge < -0.3 is 14.4 Å². The first kappa shape index (κ1) is 40.8. The van der Waals surface area contributed by atoms with Crippen LogP contribution in [0.25, 0.3) is 49.9 Å². The zero-order valence-electron chi connectivity index (χ0n) is 36.6. The molecule has 0 saturated heterocycles. The van der Waals surface area contributed by atoms with Crippen molar-refractivity contribution in [3.8, 4) is 28.1 Å². The molecule has 5 heteroatoms. The van der Waals surface area contributed by atoms with Gasteiger partial charge in [0.15, 0.2) is 0 Å². The van der Waals surface area contributed by atoms with Gasteiger partial charge in [-0.3, -0.25) is 0 Å². The van der Waals surface area contributed by atoms with Crippen LogP contribution < -0.4 is 9.80 Å². The Labute approximate surface area is 386 Å². The predicted octanol–water partition coefficient (Wildman–Crippen LogP) is 14.4. The molecular formula is C58H50N4Pt. The third kappa shape index (κ3) is 6.24. The summed E-state index contributed by atoms with van der Waals surface area (Å²) in [6.45, 7) is 14.5. The molecule has 7 aromatic carbocycles. The fourth-order valence-corrected chi connectivity index (χ4v) is 10.6. The molecule has 1 aliphatic carbocycles. The van der Waals surface area contributed by atoms with Gasteiger partial charge in [0.25, 0.3) is 0 Å². The van der Waals surface area contributed by atoms with Crippen LogP contribution in [0.2, 0.25) is 0 Å². The second-order valence-electron chi connectivity index (χ2n) is 17.9. The molecule has 0 atom stereocenters. The molecule has 4 nitrogen and oxygen atoms in total. The molecule has 11 rings (SSSR count). The third-order valence-corrected chi connectivity index (χ3v) is 13.4. The number of benzene rings is 7. The van der Waals surface area contributed by atoms with E-state index in [0.29, 0.717) is 17.9 Å². The van der Waals surface area contributed by atoms with Crippen molar-refractivity contribution < 1.29 is 21.1 Å². The molecular weight excluding hydrogens is 948 g/mol. The molecule has 0 fully saturated rings. The van der Waals surface area contributed by atoms with Crippen molar-refractivity contribution in [1.29, 1.82) is 0 Å². The largest absolute Gasteiger partial charge is 2.00 e. The van der Waals surface area contributed by atoms with E-state index in [1.54, 1.807) is 0 Å². The molecule has 0 unspecified atom stereocenters. The van der Waals surface area contributed by atoms with Crippen LogP contribution in [0.15, 0.2) is 164 Å². The number of nitrogens with zero attached hydrogens (tertiary/aromatic N) is 4. The van der Waals surface area contributed by atoms with Gasteiger partial charge in [0.05, 0.1) is 18.0 Å². The molecule has 9 aromatic rings. The summed E-state index contributed by atoms with van der Waals surface area (Å²) in [5.74, 6) is 1.64. The molecule has 63 heavy (non-hydrogen) atoms. The van der Waals surface area contributed by atoms with Gasteiger partial charge in [-0.15, -0.1) is 22.6 Å². The van der Waals surface area contributed by atoms with Gasteiger partial charge in [-0.25, -0.2) is 4.98 Å². The van der Waals surface area contributed by atoms with Gasteiger partial charge in [-0.05, 0) is 106 Å². The summed E-state index contributed by atoms with van der Waals surface area (Å²) >= 11 is 0. The van der Waals surface area contributed by atoms with Crippen LogP contribution in [0.4, 0.5) is 17.1 Å². The number of rotatable bonds is 8. The molecule has 1 aliphatic heterocycles. The van der Waals surface area contributed by atoms with Crippen LogP contribution in [0.5, 0.6) is 0 Å². The Bertz CT molecular complexity index is 3120. The van der Waals surface area contributed by atoms with Crippen LogP contribution in [-0.2, 0) is 26.5 Å². The van der Waals surface area contributed by atoms with E-state index in [9.17, 15) is 0 Å². The van der Waals surface area contributed by atoms with Gasteiger partial charge in [-0.1, -0.05) is 136 Å². The van der Waals surface area contributed by atoms with E-state index in [0.717, 1.165) is 45.7 Å². The Balaban J connectivity index is 0.00000471. The Morgan fingerprint density at radius 3 is 1.89 bits per heavy atom. The summed E-state index contributed by atoms with van der Waals surface area (Å²) in [6.07, 6.45) is 1.98. The first-order chi connectivity index (χ1) is 30.3. The van der Waals surface area contributed by atoms with Crippen LogP contribution in [0.1, 0.15) is 86.8 Å². The minimum absolute atomic E-state index is 0. The average Bonchev–Trinajstić information content (AvgIpc) is 3.96. The van der Waals surface area contributed by atoms with Crippen molar-refractivity contribution in [2.75, 3.05) is 16.5 Å². The fraction of sp³-hybridized carbons (Fsp3) is 0.190. The Morgan fingerprint density at radius 2 is 1.19 bits per heavy atom. The molecule has 0 N–H and O–H groups in total. The quantitative estimate of drug-likeness (QED) is 0.142. The maximum absolute atomic E-state index is 5.15. The van der Waals surface area contributed by atoms with E-state index in [4.69, 9.17) is 4.98 Å². The van der Waals surface area contributed by atoms with Crippen molar-refractivity contribution in [3.63, 3.8) is 0 Å². The molecule has 2 aromatic heterocycles. The normalized spacial score (nSPS) is 13.9. The molecule has 0 spiro atoms. The van der Waals surface area contributed by atoms with Gasteiger partial charge in [0.2, 0.25) is 0 Å². The minimum atomic E-state index is -0.701. The summed E-state index contributed by atoms with van der Waals surface area (Å²) in [7, 11) is 0. The van der Waals surface area contributed by atoms with Crippen LogP contribution in [0, 0.1) is 12.1 Å². The number of hydrogen-bond acceptors (Lipinski definition) is 3. The molecule has 0 saturated carbocycles. The van der Waals surface area contributed by atoms with Crippen molar-refractivity contribution in [3.05, 3.63) is 209 Å². The number of fused-ring (bicyclic) bond motifs is 7. The maximum Gasteiger partial charge on any atom is 2.00 e. The van der Waals surface area contributed by atoms with Crippen molar-refractivity contribution >= 4 is 38.9 Å². The van der Waals surface area contributed by atoms with E-state index in [1.165, 1.54) is 61.3 Å². The fourth-order valence-electron chi connectivity index (χ4n) is 10.6. The Kier molecular flexibility index (Phi) is 10.3. The van der Waals surface area contributed by atoms with Gasteiger partial charge in [-0.2, -0.15) is 36.4 Å². The number of anilines is 3. The molecule has 0 amide bonds. The summed E-state index contributed by atoms with van der Waals surface area (Å²) in [5.41, 5.74) is 17.3. The molecule has 0 bridgehead atoms. The van der Waals surface area contributed by atoms with E-state index in [-0.39, 0.29) is 21.1 Å². The number of para-hydroxylation sites is 3. The Morgan fingerprint density at radius 1 is 0.571 bits per heavy atom. The topological polar surface area (TPSA) is 24.3 Å². The zero-order chi connectivity index (χ0) is 42.3. The zero-order valence-corrected chi connectivity index (χ0v) is 38.9. The first-order valence-corrected chi connectivity index (χ1v) is 22.2. The summed E-state index contributed by atoms with van der Waals surface area (Å²) in [4.78, 5) is 10.0. The molecule has 2 aliphatic rings. The smallest absolute Gasteiger partial charge is 0.349 e. The Hall–Kier alpha value is -6.22. The van der Waals surface area contributed by atoms with E-state index in [2.05, 4.69) is 226 Å². The van der Waals surface area contributed by atoms with E-state index >= 15 is 0 Å². The molecule has 3 heterocycles. The van der Waals surface area contributed by atoms with Gasteiger partial charge in [0, 0.05) is 23.2 Å².